The minimum absolute atomic E-state index is 0.451. The number of halogens is 1. The predicted molar refractivity (Wildman–Crippen MR) is 130 cm³/mol. The van der Waals surface area contributed by atoms with Gasteiger partial charge in [0, 0.05) is 30.9 Å². The first-order chi connectivity index (χ1) is 15.6. The summed E-state index contributed by atoms with van der Waals surface area (Å²) in [7, 11) is 0. The fraction of sp³-hybridized carbons (Fsp3) is 0.333. The molecule has 2 aromatic carbocycles. The molecule has 0 amide bonds. The number of hydrogen-bond donors (Lipinski definition) is 2. The lowest BCUT2D eigenvalue weighted by molar-refractivity contribution is 0.0378. The van der Waals surface area contributed by atoms with Crippen molar-refractivity contribution in [1.29, 1.82) is 0 Å². The summed E-state index contributed by atoms with van der Waals surface area (Å²) >= 11 is 6.57. The van der Waals surface area contributed by atoms with Crippen LogP contribution in [0.3, 0.4) is 0 Å². The first kappa shape index (κ1) is 21.0. The number of aryl methyl sites for hydroxylation is 1. The van der Waals surface area contributed by atoms with E-state index >= 15 is 0 Å². The Balaban J connectivity index is 1.47. The largest absolute Gasteiger partial charge is 0.385 e. The number of ether oxygens (including phenoxy) is 1. The Bertz CT molecular complexity index is 1240. The summed E-state index contributed by atoms with van der Waals surface area (Å²) in [6.45, 7) is 7.72. The van der Waals surface area contributed by atoms with E-state index in [1.165, 1.54) is 0 Å². The van der Waals surface area contributed by atoms with E-state index in [9.17, 15) is 0 Å². The highest BCUT2D eigenvalue weighted by Gasteiger charge is 2.17. The number of benzene rings is 2. The average molecular weight is 451 g/mol. The van der Waals surface area contributed by atoms with E-state index in [0.29, 0.717) is 10.8 Å². The topological polar surface area (TPSA) is 80.7 Å². The molecule has 3 heterocycles. The van der Waals surface area contributed by atoms with Crippen LogP contribution in [-0.4, -0.2) is 58.7 Å². The molecule has 0 atom stereocenters. The van der Waals surface area contributed by atoms with Crippen molar-refractivity contribution in [2.45, 2.75) is 13.3 Å². The van der Waals surface area contributed by atoms with Gasteiger partial charge in [-0.25, -0.2) is 9.97 Å². The quantitative estimate of drug-likeness (QED) is 0.428. The number of anilines is 2. The van der Waals surface area contributed by atoms with Crippen LogP contribution in [-0.2, 0) is 4.74 Å². The monoisotopic (exact) mass is 450 g/mol. The van der Waals surface area contributed by atoms with E-state index in [1.807, 2.05) is 37.3 Å². The number of nitrogens with one attached hydrogen (secondary N) is 1. The van der Waals surface area contributed by atoms with Crippen molar-refractivity contribution in [3.8, 4) is 11.4 Å². The minimum Gasteiger partial charge on any atom is -0.385 e. The molecule has 3 N–H and O–H groups in total. The molecular weight excluding hydrogens is 424 g/mol. The Kier molecular flexibility index (Phi) is 5.87. The first-order valence-electron chi connectivity index (χ1n) is 11.0. The van der Waals surface area contributed by atoms with Gasteiger partial charge in [-0.15, -0.1) is 0 Å². The van der Waals surface area contributed by atoms with Gasteiger partial charge in [-0.1, -0.05) is 23.7 Å². The van der Waals surface area contributed by atoms with Gasteiger partial charge in [-0.3, -0.25) is 9.30 Å². The Hall–Kier alpha value is -2.87. The van der Waals surface area contributed by atoms with Gasteiger partial charge >= 0.3 is 0 Å². The van der Waals surface area contributed by atoms with E-state index in [1.54, 1.807) is 6.20 Å². The molecular formula is C24H27ClN6O. The molecule has 0 aliphatic carbocycles. The zero-order valence-electron chi connectivity index (χ0n) is 18.1. The molecule has 1 saturated heterocycles. The minimum atomic E-state index is 0.451. The van der Waals surface area contributed by atoms with Crippen molar-refractivity contribution in [2.75, 3.05) is 50.4 Å². The van der Waals surface area contributed by atoms with Gasteiger partial charge < -0.3 is 15.8 Å². The fourth-order valence-corrected chi connectivity index (χ4v) is 4.63. The first-order valence-corrected chi connectivity index (χ1v) is 11.4. The third kappa shape index (κ3) is 3.99. The summed E-state index contributed by atoms with van der Waals surface area (Å²) in [5.74, 6) is 1.22. The molecule has 1 aliphatic rings. The molecule has 8 heteroatoms. The Morgan fingerprint density at radius 2 is 2.00 bits per heavy atom. The summed E-state index contributed by atoms with van der Waals surface area (Å²) in [5, 5.41) is 4.22. The molecule has 1 fully saturated rings. The summed E-state index contributed by atoms with van der Waals surface area (Å²) in [5.41, 5.74) is 11.8. The van der Waals surface area contributed by atoms with Crippen molar-refractivity contribution < 1.29 is 4.74 Å². The maximum Gasteiger partial charge on any atom is 0.150 e. The van der Waals surface area contributed by atoms with Gasteiger partial charge in [-0.2, -0.15) is 0 Å². The van der Waals surface area contributed by atoms with E-state index in [4.69, 9.17) is 22.1 Å². The van der Waals surface area contributed by atoms with Crippen molar-refractivity contribution in [3.05, 3.63) is 53.2 Å². The van der Waals surface area contributed by atoms with Crippen LogP contribution in [0.4, 0.5) is 11.5 Å². The number of morpholine rings is 1. The lowest BCUT2D eigenvalue weighted by Crippen LogP contribution is -2.37. The molecule has 0 bridgehead atoms. The van der Waals surface area contributed by atoms with E-state index < -0.39 is 0 Å². The number of nitrogen functional groups attached to an aromatic ring is 1. The molecule has 7 nitrogen and oxygen atoms in total. The Labute approximate surface area is 192 Å². The number of fused-ring (bicyclic) bond motifs is 3. The van der Waals surface area contributed by atoms with Gasteiger partial charge in [0.1, 0.15) is 17.2 Å². The second kappa shape index (κ2) is 8.94. The van der Waals surface area contributed by atoms with Crippen LogP contribution < -0.4 is 11.1 Å². The van der Waals surface area contributed by atoms with Crippen LogP contribution in [0, 0.1) is 6.92 Å². The van der Waals surface area contributed by atoms with Crippen molar-refractivity contribution in [3.63, 3.8) is 0 Å². The third-order valence-corrected chi connectivity index (χ3v) is 6.33. The maximum absolute atomic E-state index is 6.57. The second-order valence-electron chi connectivity index (χ2n) is 8.17. The summed E-state index contributed by atoms with van der Waals surface area (Å²) < 4.78 is 7.48. The van der Waals surface area contributed by atoms with Crippen molar-refractivity contribution in [1.82, 2.24) is 19.3 Å². The summed E-state index contributed by atoms with van der Waals surface area (Å²) in [4.78, 5) is 11.7. The molecule has 1 aliphatic heterocycles. The van der Waals surface area contributed by atoms with Gasteiger partial charge in [0.05, 0.1) is 35.5 Å². The van der Waals surface area contributed by atoms with Crippen LogP contribution in [0.2, 0.25) is 5.02 Å². The molecule has 0 unspecified atom stereocenters. The third-order valence-electron chi connectivity index (χ3n) is 6.01. The number of aromatic nitrogens is 3. The molecule has 0 radical (unpaired) electrons. The number of rotatable bonds is 6. The SMILES string of the molecule is Cc1cccc(Cl)c1-c1ncc2c(N)nc3ccc(NCCCN4CCOCC4)cc3n12. The average Bonchev–Trinajstić information content (AvgIpc) is 3.23. The number of hydrogen-bond acceptors (Lipinski definition) is 6. The van der Waals surface area contributed by atoms with Gasteiger partial charge in [0.15, 0.2) is 0 Å². The Morgan fingerprint density at radius 1 is 1.16 bits per heavy atom. The number of imidazole rings is 1. The zero-order chi connectivity index (χ0) is 22.1. The lowest BCUT2D eigenvalue weighted by atomic mass is 10.1. The highest BCUT2D eigenvalue weighted by atomic mass is 35.5. The van der Waals surface area contributed by atoms with Gasteiger partial charge in [0.25, 0.3) is 0 Å². The molecule has 166 valence electrons. The van der Waals surface area contributed by atoms with Crippen LogP contribution >= 0.6 is 11.6 Å². The van der Waals surface area contributed by atoms with E-state index in [2.05, 4.69) is 30.7 Å². The van der Waals surface area contributed by atoms with Crippen LogP contribution in [0.1, 0.15) is 12.0 Å². The van der Waals surface area contributed by atoms with E-state index in [0.717, 1.165) is 85.0 Å². The summed E-state index contributed by atoms with van der Waals surface area (Å²) in [6.07, 6.45) is 2.84. The lowest BCUT2D eigenvalue weighted by Gasteiger charge is -2.26. The van der Waals surface area contributed by atoms with Gasteiger partial charge in [-0.05, 0) is 49.7 Å². The highest BCUT2D eigenvalue weighted by Crippen LogP contribution is 2.34. The van der Waals surface area contributed by atoms with Crippen LogP contribution in [0.25, 0.3) is 27.9 Å². The number of nitrogens with zero attached hydrogens (tertiary/aromatic N) is 4. The molecule has 32 heavy (non-hydrogen) atoms. The fourth-order valence-electron chi connectivity index (χ4n) is 4.32. The van der Waals surface area contributed by atoms with Crippen molar-refractivity contribution in [2.24, 2.45) is 0 Å². The molecule has 2 aromatic heterocycles. The standard InChI is InChI=1S/C24H27ClN6O/c1-16-4-2-5-18(25)22(16)24-28-15-21-23(26)29-19-7-6-17(14-20(19)31(21)24)27-8-3-9-30-10-12-32-13-11-30/h2,4-7,14-15,27H,3,8-13H2,1H3,(H2,26,29). The zero-order valence-corrected chi connectivity index (χ0v) is 18.9. The number of nitrogens with two attached hydrogens (primary N) is 1. The molecule has 0 saturated carbocycles. The van der Waals surface area contributed by atoms with E-state index in [-0.39, 0.29) is 0 Å². The summed E-state index contributed by atoms with van der Waals surface area (Å²) in [6, 6.07) is 12.0. The second-order valence-corrected chi connectivity index (χ2v) is 8.58. The molecule has 4 aromatic rings. The predicted octanol–water partition coefficient (Wildman–Crippen LogP) is 4.23. The molecule has 0 spiro atoms. The Morgan fingerprint density at radius 3 is 2.81 bits per heavy atom. The normalized spacial score (nSPS) is 14.9. The smallest absolute Gasteiger partial charge is 0.150 e. The highest BCUT2D eigenvalue weighted by molar-refractivity contribution is 6.33. The maximum atomic E-state index is 6.57. The van der Waals surface area contributed by atoms with Crippen LogP contribution in [0.15, 0.2) is 42.6 Å². The molecule has 5 rings (SSSR count). The van der Waals surface area contributed by atoms with Crippen molar-refractivity contribution >= 4 is 39.7 Å². The van der Waals surface area contributed by atoms with Gasteiger partial charge in [0.2, 0.25) is 0 Å². The van der Waals surface area contributed by atoms with Crippen LogP contribution in [0.5, 0.6) is 0 Å².